The number of benzene rings is 2. The Labute approximate surface area is 248 Å². The largest absolute Gasteiger partial charge is 0.494 e. The smallest absolute Gasteiger partial charge is 0.159 e. The summed E-state index contributed by atoms with van der Waals surface area (Å²) in [5.74, 6) is -0.433. The summed E-state index contributed by atoms with van der Waals surface area (Å²) >= 11 is 6.51. The summed E-state index contributed by atoms with van der Waals surface area (Å²) in [6, 6.07) is 14.2. The van der Waals surface area contributed by atoms with Crippen LogP contribution in [0.15, 0.2) is 73.0 Å². The number of hydrogen-bond acceptors (Lipinski definition) is 8. The van der Waals surface area contributed by atoms with Gasteiger partial charge in [0, 0.05) is 52.2 Å². The number of carbonyl (C=O) groups excluding carboxylic acids is 1. The van der Waals surface area contributed by atoms with Crippen molar-refractivity contribution in [1.82, 2.24) is 14.9 Å². The van der Waals surface area contributed by atoms with Gasteiger partial charge in [-0.1, -0.05) is 23.7 Å². The van der Waals surface area contributed by atoms with Crippen LogP contribution in [-0.2, 0) is 17.8 Å². The summed E-state index contributed by atoms with van der Waals surface area (Å²) in [4.78, 5) is 22.6. The minimum absolute atomic E-state index is 0.0297. The molecule has 0 amide bonds. The second kappa shape index (κ2) is 13.6. The van der Waals surface area contributed by atoms with Crippen molar-refractivity contribution in [3.63, 3.8) is 0 Å². The maximum absolute atomic E-state index is 13.2. The average Bonchev–Trinajstić information content (AvgIpc) is 3.00. The topological polar surface area (TPSA) is 100 Å². The second-order valence-electron chi connectivity index (χ2n) is 8.58. The number of pyridine rings is 2. The number of nitrogens with one attached hydrogen (secondary N) is 1. The molecule has 1 N–H and O–H groups in total. The predicted molar refractivity (Wildman–Crippen MR) is 157 cm³/mol. The third-order valence-corrected chi connectivity index (χ3v) is 5.88. The van der Waals surface area contributed by atoms with E-state index in [0.29, 0.717) is 33.0 Å². The monoisotopic (exact) mass is 562 g/mol. The highest BCUT2D eigenvalue weighted by Crippen LogP contribution is 2.36. The quantitative estimate of drug-likeness (QED) is 0.207. The molecule has 0 radical (unpaired) electrons. The van der Waals surface area contributed by atoms with E-state index in [1.807, 2.05) is 12.1 Å². The van der Waals surface area contributed by atoms with Crippen LogP contribution in [-0.4, -0.2) is 47.8 Å². The lowest BCUT2D eigenvalue weighted by atomic mass is 10.0. The Bertz CT molecular complexity index is 1860. The van der Waals surface area contributed by atoms with Crippen LogP contribution >= 0.6 is 11.6 Å². The van der Waals surface area contributed by atoms with Crippen LogP contribution in [0.5, 0.6) is 11.5 Å². The molecule has 2 heterocycles. The van der Waals surface area contributed by atoms with E-state index in [0.717, 1.165) is 10.6 Å². The average molecular weight is 563 g/mol. The molecule has 2 aromatic carbocycles. The van der Waals surface area contributed by atoms with Crippen molar-refractivity contribution < 1.29 is 23.9 Å². The number of rotatable bonds is 12. The minimum atomic E-state index is -2.52. The number of allylic oxidation sites excluding steroid dienone is 1. The molecule has 9 heteroatoms. The maximum Gasteiger partial charge on any atom is 0.159 e. The summed E-state index contributed by atoms with van der Waals surface area (Å²) in [6.07, 6.45) is 2.51. The van der Waals surface area contributed by atoms with E-state index in [2.05, 4.69) is 21.4 Å². The van der Waals surface area contributed by atoms with Crippen LogP contribution < -0.4 is 14.8 Å². The van der Waals surface area contributed by atoms with E-state index in [1.165, 1.54) is 32.3 Å². The number of fused-ring (bicyclic) bond motifs is 1. The zero-order valence-electron chi connectivity index (χ0n) is 28.8. The van der Waals surface area contributed by atoms with Crippen molar-refractivity contribution in [2.24, 2.45) is 0 Å². The summed E-state index contributed by atoms with van der Waals surface area (Å²) in [6.45, 7) is -3.75. The first-order chi connectivity index (χ1) is 22.1. The van der Waals surface area contributed by atoms with Crippen molar-refractivity contribution in [1.29, 1.82) is 5.26 Å². The fraction of sp³-hybridized carbons (Fsp3) is 0.226. The van der Waals surface area contributed by atoms with E-state index < -0.39 is 44.4 Å². The Kier molecular flexibility index (Phi) is 6.93. The van der Waals surface area contributed by atoms with Crippen LogP contribution in [0, 0.1) is 11.3 Å². The third kappa shape index (κ3) is 7.35. The first-order valence-electron chi connectivity index (χ1n) is 15.6. The standard InChI is InChI=1S/C31H30ClN5O3/c1-4-39-30-17-28-26(15-21(30)14-25(38)9-7-13-37(2)3)31(22(18-33)19-35-28)36-23-10-11-29(27(32)16-23)40-20-24-8-5-6-12-34-24/h5-12,15-17,19H,4,13-14,20H2,1-3H3,(H,35,36)/b9-7+/i2D3,4D2,7D,9D. The number of nitrogens with zero attached hydrogens (tertiary/aromatic N) is 4. The summed E-state index contributed by atoms with van der Waals surface area (Å²) in [7, 11) is 1.25. The highest BCUT2D eigenvalue weighted by molar-refractivity contribution is 6.32. The van der Waals surface area contributed by atoms with Gasteiger partial charge in [-0.2, -0.15) is 5.26 Å². The number of ketones is 1. The van der Waals surface area contributed by atoms with Gasteiger partial charge >= 0.3 is 0 Å². The normalized spacial score (nSPS) is 14.8. The maximum atomic E-state index is 13.2. The highest BCUT2D eigenvalue weighted by Gasteiger charge is 2.16. The molecule has 0 saturated carbocycles. The summed E-state index contributed by atoms with van der Waals surface area (Å²) in [5, 5.41) is 13.8. The van der Waals surface area contributed by atoms with Gasteiger partial charge in [0.1, 0.15) is 24.2 Å². The van der Waals surface area contributed by atoms with Gasteiger partial charge in [-0.05, 0) is 63.4 Å². The molecule has 2 aromatic heterocycles. The number of likely N-dealkylation sites (N-methyl/N-ethyl adjacent to an activating group) is 1. The Balaban J connectivity index is 1.71. The molecule has 4 rings (SSSR count). The lowest BCUT2D eigenvalue weighted by molar-refractivity contribution is -0.114. The zero-order valence-corrected chi connectivity index (χ0v) is 22.5. The van der Waals surface area contributed by atoms with E-state index in [4.69, 9.17) is 30.7 Å². The molecule has 0 spiro atoms. The van der Waals surface area contributed by atoms with Gasteiger partial charge in [-0.15, -0.1) is 0 Å². The molecule has 0 saturated heterocycles. The first-order valence-corrected chi connectivity index (χ1v) is 12.5. The number of carbonyl (C=O) groups is 1. The number of halogens is 1. The Morgan fingerprint density at radius 1 is 1.25 bits per heavy atom. The number of nitriles is 1. The zero-order chi connectivity index (χ0) is 34.5. The molecule has 0 aliphatic heterocycles. The van der Waals surface area contributed by atoms with Crippen LogP contribution in [0.1, 0.15) is 33.3 Å². The van der Waals surface area contributed by atoms with Gasteiger partial charge in [0.25, 0.3) is 0 Å². The van der Waals surface area contributed by atoms with Crippen LogP contribution in [0.25, 0.3) is 10.9 Å². The van der Waals surface area contributed by atoms with Crippen LogP contribution in [0.3, 0.4) is 0 Å². The fourth-order valence-corrected chi connectivity index (χ4v) is 4.01. The molecule has 0 bridgehead atoms. The van der Waals surface area contributed by atoms with Crippen molar-refractivity contribution >= 4 is 39.7 Å². The van der Waals surface area contributed by atoms with E-state index in [1.54, 1.807) is 30.5 Å². The van der Waals surface area contributed by atoms with Gasteiger partial charge in [0.2, 0.25) is 0 Å². The van der Waals surface area contributed by atoms with E-state index >= 15 is 0 Å². The lowest BCUT2D eigenvalue weighted by Crippen LogP contribution is -2.11. The van der Waals surface area contributed by atoms with Gasteiger partial charge in [-0.3, -0.25) is 14.8 Å². The molecular formula is C31H30ClN5O3. The van der Waals surface area contributed by atoms with Gasteiger partial charge < -0.3 is 19.7 Å². The van der Waals surface area contributed by atoms with E-state index in [-0.39, 0.29) is 23.5 Å². The molecule has 0 fully saturated rings. The third-order valence-electron chi connectivity index (χ3n) is 5.58. The molecule has 204 valence electrons. The fourth-order valence-electron chi connectivity index (χ4n) is 3.78. The van der Waals surface area contributed by atoms with Gasteiger partial charge in [0.15, 0.2) is 5.78 Å². The Hall–Kier alpha value is -4.45. The van der Waals surface area contributed by atoms with Gasteiger partial charge in [0.05, 0.1) is 39.5 Å². The predicted octanol–water partition coefficient (Wildman–Crippen LogP) is 6.11. The van der Waals surface area contributed by atoms with Crippen molar-refractivity contribution in [3.05, 3.63) is 94.9 Å². The number of aromatic nitrogens is 2. The molecule has 8 nitrogen and oxygen atoms in total. The molecule has 0 unspecified atom stereocenters. The Morgan fingerprint density at radius 2 is 2.12 bits per heavy atom. The summed E-state index contributed by atoms with van der Waals surface area (Å²) in [5.41, 5.74) is 2.16. The molecule has 0 aliphatic carbocycles. The number of hydrogen-bond donors (Lipinski definition) is 1. The van der Waals surface area contributed by atoms with Crippen LogP contribution in [0.4, 0.5) is 11.4 Å². The molecule has 4 aromatic rings. The molecule has 40 heavy (non-hydrogen) atoms. The molecular weight excluding hydrogens is 526 g/mol. The lowest BCUT2D eigenvalue weighted by Gasteiger charge is -2.16. The highest BCUT2D eigenvalue weighted by atomic mass is 35.5. The second-order valence-corrected chi connectivity index (χ2v) is 8.99. The van der Waals surface area contributed by atoms with Crippen molar-refractivity contribution in [2.45, 2.75) is 20.0 Å². The number of ether oxygens (including phenoxy) is 2. The van der Waals surface area contributed by atoms with Crippen LogP contribution in [0.2, 0.25) is 5.02 Å². The Morgan fingerprint density at radius 3 is 2.85 bits per heavy atom. The number of anilines is 2. The van der Waals surface area contributed by atoms with Crippen molar-refractivity contribution in [2.75, 3.05) is 32.4 Å². The molecule has 0 aliphatic rings. The molecule has 0 atom stereocenters. The SMILES string of the molecule is [2H]/C(CN(C)C([2H])([2H])[2H])=C(/[2H])C(=O)Cc1cc2c(Nc3ccc(OCc4ccccn4)c(Cl)c3)c(C#N)cnc2cc1OC([2H])([2H])C. The van der Waals surface area contributed by atoms with Gasteiger partial charge in [-0.25, -0.2) is 0 Å². The van der Waals surface area contributed by atoms with E-state index in [9.17, 15) is 10.1 Å². The van der Waals surface area contributed by atoms with Crippen molar-refractivity contribution in [3.8, 4) is 17.6 Å². The first kappa shape index (κ1) is 20.5. The summed E-state index contributed by atoms with van der Waals surface area (Å²) < 4.78 is 65.9. The minimum Gasteiger partial charge on any atom is -0.494 e.